The lowest BCUT2D eigenvalue weighted by molar-refractivity contribution is 0.282. The third-order valence-corrected chi connectivity index (χ3v) is 3.75. The number of benzene rings is 1. The summed E-state index contributed by atoms with van der Waals surface area (Å²) < 4.78 is 5.80. The topological polar surface area (TPSA) is 42.4 Å². The highest BCUT2D eigenvalue weighted by atomic mass is 32.1. The van der Waals surface area contributed by atoms with E-state index in [0.29, 0.717) is 13.0 Å². The maximum absolute atomic E-state index is 9.03. The van der Waals surface area contributed by atoms with Crippen molar-refractivity contribution in [2.75, 3.05) is 6.61 Å². The first kappa shape index (κ1) is 14.0. The lowest BCUT2D eigenvalue weighted by Crippen LogP contribution is -2.00. The van der Waals surface area contributed by atoms with Crippen LogP contribution in [0.1, 0.15) is 29.6 Å². The number of thiazole rings is 1. The first-order valence-electron chi connectivity index (χ1n) is 6.58. The predicted octanol–water partition coefficient (Wildman–Crippen LogP) is 3.21. The van der Waals surface area contributed by atoms with Crippen LogP contribution in [0.5, 0.6) is 5.75 Å². The Hall–Kier alpha value is -1.39. The van der Waals surface area contributed by atoms with Gasteiger partial charge < -0.3 is 9.84 Å². The van der Waals surface area contributed by atoms with Crippen molar-refractivity contribution < 1.29 is 9.84 Å². The Labute approximate surface area is 117 Å². The Morgan fingerprint density at radius 2 is 2.11 bits per heavy atom. The van der Waals surface area contributed by atoms with Crippen LogP contribution in [-0.2, 0) is 19.4 Å². The van der Waals surface area contributed by atoms with Gasteiger partial charge in [-0.15, -0.1) is 11.3 Å². The summed E-state index contributed by atoms with van der Waals surface area (Å²) in [7, 11) is 0. The van der Waals surface area contributed by atoms with Crippen LogP contribution in [-0.4, -0.2) is 16.7 Å². The molecule has 3 nitrogen and oxygen atoms in total. The summed E-state index contributed by atoms with van der Waals surface area (Å²) in [5.41, 5.74) is 2.02. The Bertz CT molecular complexity index is 510. The van der Waals surface area contributed by atoms with Crippen LogP contribution in [0, 0.1) is 0 Å². The summed E-state index contributed by atoms with van der Waals surface area (Å²) in [6.07, 6.45) is 2.77. The molecule has 1 aromatic carbocycles. The first-order valence-corrected chi connectivity index (χ1v) is 7.46. The number of rotatable bonds is 7. The number of para-hydroxylation sites is 1. The summed E-state index contributed by atoms with van der Waals surface area (Å²) in [6.45, 7) is 2.78. The van der Waals surface area contributed by atoms with Crippen molar-refractivity contribution in [3.8, 4) is 5.75 Å². The standard InChI is InChI=1S/C15H19NO2S/c1-2-5-15-16-13(11-19-15)10-18-14-7-4-3-6-12(14)8-9-17/h3-4,6-7,11,17H,2,5,8-10H2,1H3. The molecule has 0 aliphatic carbocycles. The monoisotopic (exact) mass is 277 g/mol. The summed E-state index contributed by atoms with van der Waals surface area (Å²) >= 11 is 1.69. The molecule has 1 N–H and O–H groups in total. The van der Waals surface area contributed by atoms with Crippen molar-refractivity contribution in [3.05, 3.63) is 45.9 Å². The Morgan fingerprint density at radius 3 is 2.89 bits per heavy atom. The molecule has 0 saturated heterocycles. The molecule has 0 bridgehead atoms. The van der Waals surface area contributed by atoms with Crippen LogP contribution in [0.4, 0.5) is 0 Å². The highest BCUT2D eigenvalue weighted by Crippen LogP contribution is 2.20. The van der Waals surface area contributed by atoms with E-state index in [1.807, 2.05) is 24.3 Å². The minimum atomic E-state index is 0.137. The molecule has 2 rings (SSSR count). The maximum Gasteiger partial charge on any atom is 0.131 e. The highest BCUT2D eigenvalue weighted by molar-refractivity contribution is 7.09. The van der Waals surface area contributed by atoms with Gasteiger partial charge in [0.15, 0.2) is 0 Å². The minimum absolute atomic E-state index is 0.137. The first-order chi connectivity index (χ1) is 9.33. The predicted molar refractivity (Wildman–Crippen MR) is 77.7 cm³/mol. The molecule has 4 heteroatoms. The fourth-order valence-electron chi connectivity index (χ4n) is 1.87. The largest absolute Gasteiger partial charge is 0.487 e. The third kappa shape index (κ3) is 4.04. The number of aliphatic hydroxyl groups excluding tert-OH is 1. The van der Waals surface area contributed by atoms with E-state index in [4.69, 9.17) is 9.84 Å². The molecule has 19 heavy (non-hydrogen) atoms. The molecule has 0 amide bonds. The summed E-state index contributed by atoms with van der Waals surface area (Å²) in [4.78, 5) is 4.53. The third-order valence-electron chi connectivity index (χ3n) is 2.79. The molecule has 0 aliphatic heterocycles. The van der Waals surface area contributed by atoms with Crippen LogP contribution >= 0.6 is 11.3 Å². The van der Waals surface area contributed by atoms with Gasteiger partial charge in [0.25, 0.3) is 0 Å². The number of hydrogen-bond donors (Lipinski definition) is 1. The second kappa shape index (κ2) is 7.26. The van der Waals surface area contributed by atoms with Gasteiger partial charge in [-0.25, -0.2) is 4.98 Å². The van der Waals surface area contributed by atoms with Gasteiger partial charge in [0, 0.05) is 12.0 Å². The molecule has 0 spiro atoms. The Kier molecular flexibility index (Phi) is 5.36. The normalized spacial score (nSPS) is 10.6. The fraction of sp³-hybridized carbons (Fsp3) is 0.400. The van der Waals surface area contributed by atoms with Gasteiger partial charge in [0.2, 0.25) is 0 Å². The van der Waals surface area contributed by atoms with Crippen LogP contribution in [0.3, 0.4) is 0 Å². The molecule has 0 saturated carbocycles. The lowest BCUT2D eigenvalue weighted by Gasteiger charge is -2.09. The van der Waals surface area contributed by atoms with E-state index in [-0.39, 0.29) is 6.61 Å². The van der Waals surface area contributed by atoms with Crippen molar-refractivity contribution in [2.45, 2.75) is 32.8 Å². The van der Waals surface area contributed by atoms with E-state index >= 15 is 0 Å². The molecule has 0 aliphatic rings. The molecule has 0 radical (unpaired) electrons. The number of hydrogen-bond acceptors (Lipinski definition) is 4. The number of nitrogens with zero attached hydrogens (tertiary/aromatic N) is 1. The van der Waals surface area contributed by atoms with Gasteiger partial charge in [-0.3, -0.25) is 0 Å². The Morgan fingerprint density at radius 1 is 1.26 bits per heavy atom. The van der Waals surface area contributed by atoms with E-state index in [1.165, 1.54) is 5.01 Å². The van der Waals surface area contributed by atoms with Gasteiger partial charge in [0.1, 0.15) is 12.4 Å². The summed E-state index contributed by atoms with van der Waals surface area (Å²) in [5, 5.41) is 12.3. The van der Waals surface area contributed by atoms with Crippen LogP contribution in [0.2, 0.25) is 0 Å². The SMILES string of the molecule is CCCc1nc(COc2ccccc2CCO)cs1. The molecule has 0 atom stereocenters. The van der Waals surface area contributed by atoms with Gasteiger partial charge in [-0.05, 0) is 30.9 Å². The molecular weight excluding hydrogens is 258 g/mol. The molecular formula is C15H19NO2S. The average molecular weight is 277 g/mol. The number of aliphatic hydroxyl groups is 1. The molecule has 1 heterocycles. The molecule has 1 aromatic heterocycles. The zero-order valence-electron chi connectivity index (χ0n) is 11.1. The van der Waals surface area contributed by atoms with Gasteiger partial charge in [-0.1, -0.05) is 25.1 Å². The van der Waals surface area contributed by atoms with E-state index in [1.54, 1.807) is 11.3 Å². The summed E-state index contributed by atoms with van der Waals surface area (Å²) in [5.74, 6) is 0.835. The molecule has 102 valence electrons. The van der Waals surface area contributed by atoms with Crippen LogP contribution < -0.4 is 4.74 Å². The zero-order valence-corrected chi connectivity index (χ0v) is 11.9. The maximum atomic E-state index is 9.03. The number of aryl methyl sites for hydroxylation is 1. The van der Waals surface area contributed by atoms with Gasteiger partial charge in [-0.2, -0.15) is 0 Å². The van der Waals surface area contributed by atoms with Crippen molar-refractivity contribution in [3.63, 3.8) is 0 Å². The second-order valence-electron chi connectivity index (χ2n) is 4.35. The van der Waals surface area contributed by atoms with E-state index in [0.717, 1.165) is 29.8 Å². The van der Waals surface area contributed by atoms with Crippen LogP contribution in [0.15, 0.2) is 29.6 Å². The van der Waals surface area contributed by atoms with E-state index in [2.05, 4.69) is 17.3 Å². The fourth-order valence-corrected chi connectivity index (χ4v) is 2.75. The van der Waals surface area contributed by atoms with Crippen LogP contribution in [0.25, 0.3) is 0 Å². The van der Waals surface area contributed by atoms with Gasteiger partial charge >= 0.3 is 0 Å². The highest BCUT2D eigenvalue weighted by Gasteiger charge is 2.05. The van der Waals surface area contributed by atoms with Gasteiger partial charge in [0.05, 0.1) is 10.7 Å². The molecule has 0 unspecified atom stereocenters. The number of aromatic nitrogens is 1. The Balaban J connectivity index is 1.97. The second-order valence-corrected chi connectivity index (χ2v) is 5.30. The molecule has 2 aromatic rings. The smallest absolute Gasteiger partial charge is 0.131 e. The van der Waals surface area contributed by atoms with Crippen molar-refractivity contribution in [1.29, 1.82) is 0 Å². The molecule has 0 fully saturated rings. The average Bonchev–Trinajstić information content (AvgIpc) is 2.86. The van der Waals surface area contributed by atoms with Crippen molar-refractivity contribution in [2.24, 2.45) is 0 Å². The summed E-state index contributed by atoms with van der Waals surface area (Å²) in [6, 6.07) is 7.82. The lowest BCUT2D eigenvalue weighted by atomic mass is 10.1. The van der Waals surface area contributed by atoms with Crippen molar-refractivity contribution in [1.82, 2.24) is 4.98 Å². The number of ether oxygens (including phenoxy) is 1. The zero-order chi connectivity index (χ0) is 13.5. The van der Waals surface area contributed by atoms with E-state index in [9.17, 15) is 0 Å². The van der Waals surface area contributed by atoms with Crippen molar-refractivity contribution >= 4 is 11.3 Å². The van der Waals surface area contributed by atoms with E-state index < -0.39 is 0 Å². The minimum Gasteiger partial charge on any atom is -0.487 e. The quantitative estimate of drug-likeness (QED) is 0.845.